The zero-order valence-electron chi connectivity index (χ0n) is 17.7. The Morgan fingerprint density at radius 2 is 1.76 bits per heavy atom. The molecule has 0 fully saturated rings. The summed E-state index contributed by atoms with van der Waals surface area (Å²) in [6.07, 6.45) is -10.3. The molecule has 0 saturated heterocycles. The fourth-order valence-electron chi connectivity index (χ4n) is 3.04. The molecule has 2 aromatic heterocycles. The summed E-state index contributed by atoms with van der Waals surface area (Å²) in [7, 11) is 0. The van der Waals surface area contributed by atoms with Gasteiger partial charge in [0.15, 0.2) is 5.69 Å². The van der Waals surface area contributed by atoms with E-state index >= 15 is 0 Å². The molecule has 0 spiro atoms. The Kier molecular flexibility index (Phi) is 7.02. The highest BCUT2D eigenvalue weighted by molar-refractivity contribution is 7.14. The molecule has 0 radical (unpaired) electrons. The quantitative estimate of drug-likeness (QED) is 0.286. The average molecular weight is 502 g/mol. The fourth-order valence-corrected chi connectivity index (χ4v) is 3.95. The van der Waals surface area contributed by atoms with Crippen molar-refractivity contribution < 1.29 is 35.9 Å². The number of rotatable bonds is 6. The van der Waals surface area contributed by atoms with Gasteiger partial charge in [0.2, 0.25) is 6.23 Å². The van der Waals surface area contributed by atoms with Crippen molar-refractivity contribution in [1.29, 1.82) is 5.26 Å². The smallest absolute Gasteiger partial charge is 0.416 e. The maximum Gasteiger partial charge on any atom is 0.416 e. The molecule has 0 amide bonds. The van der Waals surface area contributed by atoms with Crippen molar-refractivity contribution in [2.24, 2.45) is 0 Å². The Balaban J connectivity index is 2.10. The van der Waals surface area contributed by atoms with Gasteiger partial charge in [-0.15, -0.1) is 26.3 Å². The second-order valence-electron chi connectivity index (χ2n) is 7.13. The summed E-state index contributed by atoms with van der Waals surface area (Å²) < 4.78 is 84.9. The third-order valence-electron chi connectivity index (χ3n) is 4.60. The molecule has 1 unspecified atom stereocenters. The van der Waals surface area contributed by atoms with Crippen molar-refractivity contribution >= 4 is 17.3 Å². The number of nitrogens with zero attached hydrogens (tertiary/aromatic N) is 4. The first-order valence-corrected chi connectivity index (χ1v) is 10.7. The van der Waals surface area contributed by atoms with Gasteiger partial charge in [-0.25, -0.2) is 0 Å². The van der Waals surface area contributed by atoms with Crippen LogP contribution in [0.1, 0.15) is 49.7 Å². The van der Waals surface area contributed by atoms with Crippen molar-refractivity contribution in [3.63, 3.8) is 0 Å². The van der Waals surface area contributed by atoms with Gasteiger partial charge in [0, 0.05) is 12.0 Å². The van der Waals surface area contributed by atoms with Crippen LogP contribution in [0.4, 0.5) is 26.3 Å². The molecule has 0 aliphatic rings. The SMILES string of the molecule is CCCC(=O)OC(C)n1nc(C#N)c(-c2sccc2-c2cc(C(F)(F)F)cc(C(F)(F)F)c2)n1. The standard InChI is InChI=1S/C21H16F6N4O2S/c1-3-4-17(32)33-11(2)31-29-16(10-28)18(30-31)19-15(5-6-34-19)12-7-13(20(22,23)24)9-14(8-12)21(25,26)27/h5-9,11H,3-4H2,1-2H3. The maximum atomic E-state index is 13.3. The van der Waals surface area contributed by atoms with E-state index in [-0.39, 0.29) is 39.9 Å². The number of alkyl halides is 6. The summed E-state index contributed by atoms with van der Waals surface area (Å²) >= 11 is 0.964. The number of thiophene rings is 1. The van der Waals surface area contributed by atoms with Crippen LogP contribution in [-0.2, 0) is 21.9 Å². The zero-order chi connectivity index (χ0) is 25.3. The van der Waals surface area contributed by atoms with E-state index in [1.807, 2.05) is 0 Å². The average Bonchev–Trinajstić information content (AvgIpc) is 3.39. The van der Waals surface area contributed by atoms with Gasteiger partial charge < -0.3 is 4.74 Å². The van der Waals surface area contributed by atoms with Crippen molar-refractivity contribution in [2.45, 2.75) is 45.3 Å². The molecule has 3 aromatic rings. The second kappa shape index (κ2) is 9.46. The van der Waals surface area contributed by atoms with Crippen molar-refractivity contribution in [1.82, 2.24) is 15.0 Å². The number of hydrogen-bond acceptors (Lipinski definition) is 6. The summed E-state index contributed by atoms with van der Waals surface area (Å²) in [6.45, 7) is 3.23. The summed E-state index contributed by atoms with van der Waals surface area (Å²) in [5.41, 5.74) is -3.55. The van der Waals surface area contributed by atoms with E-state index in [1.54, 1.807) is 13.0 Å². The van der Waals surface area contributed by atoms with Gasteiger partial charge in [0.1, 0.15) is 11.8 Å². The molecule has 0 aliphatic heterocycles. The number of benzene rings is 1. The lowest BCUT2D eigenvalue weighted by molar-refractivity contribution is -0.154. The van der Waals surface area contributed by atoms with Crippen LogP contribution < -0.4 is 0 Å². The fraction of sp³-hybridized carbons (Fsp3) is 0.333. The first kappa shape index (κ1) is 25.2. The molecule has 0 bridgehead atoms. The van der Waals surface area contributed by atoms with Crippen LogP contribution in [0.15, 0.2) is 29.6 Å². The van der Waals surface area contributed by atoms with E-state index in [4.69, 9.17) is 4.74 Å². The first-order chi connectivity index (χ1) is 15.8. The molecule has 0 N–H and O–H groups in total. The van der Waals surface area contributed by atoms with Gasteiger partial charge in [-0.2, -0.15) is 31.6 Å². The van der Waals surface area contributed by atoms with Crippen molar-refractivity contribution in [3.8, 4) is 27.8 Å². The molecule has 6 nitrogen and oxygen atoms in total. The maximum absolute atomic E-state index is 13.3. The number of hydrogen-bond donors (Lipinski definition) is 0. The Morgan fingerprint density at radius 1 is 1.15 bits per heavy atom. The number of nitriles is 1. The van der Waals surface area contributed by atoms with Gasteiger partial charge in [0.25, 0.3) is 0 Å². The van der Waals surface area contributed by atoms with Crippen LogP contribution in [-0.4, -0.2) is 21.0 Å². The minimum atomic E-state index is -5.01. The lowest BCUT2D eigenvalue weighted by Gasteiger charge is -2.14. The first-order valence-electron chi connectivity index (χ1n) is 9.79. The lowest BCUT2D eigenvalue weighted by Crippen LogP contribution is -2.16. The van der Waals surface area contributed by atoms with Crippen molar-refractivity contribution in [2.75, 3.05) is 0 Å². The Bertz CT molecular complexity index is 1210. The number of carbonyl (C=O) groups excluding carboxylic acids is 1. The van der Waals surface area contributed by atoms with Gasteiger partial charge >= 0.3 is 18.3 Å². The molecule has 0 aliphatic carbocycles. The lowest BCUT2D eigenvalue weighted by atomic mass is 9.98. The summed E-state index contributed by atoms with van der Waals surface area (Å²) in [6, 6.07) is 4.38. The zero-order valence-corrected chi connectivity index (χ0v) is 18.5. The molecule has 34 heavy (non-hydrogen) atoms. The highest BCUT2D eigenvalue weighted by Crippen LogP contribution is 2.42. The Morgan fingerprint density at radius 3 is 2.29 bits per heavy atom. The summed E-state index contributed by atoms with van der Waals surface area (Å²) in [5, 5.41) is 19.0. The van der Waals surface area contributed by atoms with E-state index in [0.29, 0.717) is 18.6 Å². The molecule has 0 saturated carbocycles. The van der Waals surface area contributed by atoms with Crippen LogP contribution in [0.5, 0.6) is 0 Å². The number of carbonyl (C=O) groups is 1. The summed E-state index contributed by atoms with van der Waals surface area (Å²) in [4.78, 5) is 12.8. The molecular weight excluding hydrogens is 486 g/mol. The van der Waals surface area contributed by atoms with Crippen LogP contribution in [0.25, 0.3) is 21.7 Å². The van der Waals surface area contributed by atoms with Gasteiger partial charge in [-0.1, -0.05) is 6.92 Å². The third-order valence-corrected chi connectivity index (χ3v) is 5.52. The molecule has 180 valence electrons. The number of ether oxygens (including phenoxy) is 1. The minimum Gasteiger partial charge on any atom is -0.438 e. The molecule has 13 heteroatoms. The molecule has 2 heterocycles. The van der Waals surface area contributed by atoms with Crippen LogP contribution in [0.3, 0.4) is 0 Å². The number of aromatic nitrogens is 3. The molecule has 3 rings (SSSR count). The largest absolute Gasteiger partial charge is 0.438 e. The van der Waals surface area contributed by atoms with Crippen LogP contribution in [0, 0.1) is 11.3 Å². The molecule has 1 atom stereocenters. The highest BCUT2D eigenvalue weighted by Gasteiger charge is 2.37. The number of esters is 1. The monoisotopic (exact) mass is 502 g/mol. The van der Waals surface area contributed by atoms with E-state index < -0.39 is 35.7 Å². The predicted molar refractivity (Wildman–Crippen MR) is 109 cm³/mol. The van der Waals surface area contributed by atoms with Crippen LogP contribution >= 0.6 is 11.3 Å². The minimum absolute atomic E-state index is 0.0146. The molecular formula is C21H16F6N4O2S. The van der Waals surface area contributed by atoms with E-state index in [2.05, 4.69) is 10.2 Å². The Labute approximate surface area is 193 Å². The van der Waals surface area contributed by atoms with E-state index in [1.165, 1.54) is 18.4 Å². The highest BCUT2D eigenvalue weighted by atomic mass is 32.1. The van der Waals surface area contributed by atoms with Gasteiger partial charge in [-0.05, 0) is 48.6 Å². The topological polar surface area (TPSA) is 80.8 Å². The second-order valence-corrected chi connectivity index (χ2v) is 8.04. The van der Waals surface area contributed by atoms with Crippen LogP contribution in [0.2, 0.25) is 0 Å². The van der Waals surface area contributed by atoms with Crippen molar-refractivity contribution in [3.05, 3.63) is 46.5 Å². The summed E-state index contributed by atoms with van der Waals surface area (Å²) in [5.74, 6) is -0.521. The van der Waals surface area contributed by atoms with Gasteiger partial charge in [0.05, 0.1) is 16.0 Å². The van der Waals surface area contributed by atoms with E-state index in [9.17, 15) is 36.4 Å². The third kappa shape index (κ3) is 5.39. The Hall–Kier alpha value is -3.40. The number of halogens is 6. The predicted octanol–water partition coefficient (Wildman–Crippen LogP) is 6.44. The molecule has 1 aromatic carbocycles. The van der Waals surface area contributed by atoms with Gasteiger partial charge in [-0.3, -0.25) is 4.79 Å². The van der Waals surface area contributed by atoms with E-state index in [0.717, 1.165) is 16.1 Å². The normalized spacial score (nSPS) is 12.9.